The van der Waals surface area contributed by atoms with E-state index in [9.17, 15) is 14.0 Å². The number of amides is 1. The summed E-state index contributed by atoms with van der Waals surface area (Å²) in [5.41, 5.74) is 0.783. The maximum Gasteiger partial charge on any atom is 0.278 e. The third-order valence-corrected chi connectivity index (χ3v) is 5.70. The van der Waals surface area contributed by atoms with E-state index in [1.165, 1.54) is 16.8 Å². The minimum atomic E-state index is -0.491. The van der Waals surface area contributed by atoms with Gasteiger partial charge in [-0.15, -0.1) is 0 Å². The summed E-state index contributed by atoms with van der Waals surface area (Å²) in [6.07, 6.45) is 1.53. The van der Waals surface area contributed by atoms with Crippen molar-refractivity contribution in [3.8, 4) is 17.2 Å². The van der Waals surface area contributed by atoms with Crippen molar-refractivity contribution < 1.29 is 18.7 Å². The number of rotatable bonds is 5. The monoisotopic (exact) mass is 437 g/mol. The van der Waals surface area contributed by atoms with E-state index in [4.69, 9.17) is 9.47 Å². The lowest BCUT2D eigenvalue weighted by molar-refractivity contribution is 0.0726. The van der Waals surface area contributed by atoms with E-state index in [2.05, 4.69) is 5.10 Å². The molecule has 2 aromatic carbocycles. The van der Waals surface area contributed by atoms with Crippen LogP contribution in [0.25, 0.3) is 5.69 Å². The van der Waals surface area contributed by atoms with Gasteiger partial charge in [-0.25, -0.2) is 9.07 Å². The summed E-state index contributed by atoms with van der Waals surface area (Å²) in [6.45, 7) is 2.14. The molecule has 32 heavy (non-hydrogen) atoms. The summed E-state index contributed by atoms with van der Waals surface area (Å²) in [5.74, 6) is 0.201. The Labute approximate surface area is 185 Å². The summed E-state index contributed by atoms with van der Waals surface area (Å²) in [7, 11) is 3.12. The second-order valence-corrected chi connectivity index (χ2v) is 7.63. The Kier molecular flexibility index (Phi) is 5.94. The van der Waals surface area contributed by atoms with Crippen molar-refractivity contribution in [3.05, 3.63) is 81.5 Å². The number of aromatic nitrogens is 2. The fourth-order valence-corrected chi connectivity index (χ4v) is 4.12. The number of hydrogen-bond acceptors (Lipinski definition) is 5. The first kappa shape index (κ1) is 21.5. The molecule has 7 nitrogen and oxygen atoms in total. The number of carbonyl (C=O) groups excluding carboxylic acids is 1. The number of methoxy groups -OCH3 is 2. The van der Waals surface area contributed by atoms with Gasteiger partial charge in [-0.3, -0.25) is 9.59 Å². The van der Waals surface area contributed by atoms with Crippen molar-refractivity contribution in [3.63, 3.8) is 0 Å². The zero-order valence-corrected chi connectivity index (χ0v) is 18.2. The van der Waals surface area contributed by atoms with Crippen molar-refractivity contribution in [2.45, 2.75) is 25.8 Å². The van der Waals surface area contributed by atoms with E-state index < -0.39 is 17.2 Å². The van der Waals surface area contributed by atoms with Gasteiger partial charge in [0.25, 0.3) is 5.91 Å². The third kappa shape index (κ3) is 3.84. The van der Waals surface area contributed by atoms with Gasteiger partial charge in [-0.2, -0.15) is 5.10 Å². The molecule has 0 N–H and O–H groups in total. The standard InChI is InChI=1S/C24H24FN3O4/c1-15-13-20(29)23(26-28(15)19-8-5-4-7-17(19)25)24(30)27-12-6-9-18(27)16-10-11-21(31-2)22(14-16)32-3/h4-5,7-8,10-11,13-14,18H,6,9,12H2,1-3H3. The largest absolute Gasteiger partial charge is 0.493 e. The molecule has 0 saturated carbocycles. The Morgan fingerprint density at radius 2 is 1.84 bits per heavy atom. The molecule has 8 heteroatoms. The summed E-state index contributed by atoms with van der Waals surface area (Å²) in [5, 5.41) is 4.26. The number of halogens is 1. The van der Waals surface area contributed by atoms with E-state index in [-0.39, 0.29) is 17.4 Å². The molecule has 166 valence electrons. The first-order valence-electron chi connectivity index (χ1n) is 10.3. The molecule has 1 aromatic heterocycles. The fraction of sp³-hybridized carbons (Fsp3) is 0.292. The molecule has 1 atom stereocenters. The summed E-state index contributed by atoms with van der Waals surface area (Å²) < 4.78 is 26.3. The van der Waals surface area contributed by atoms with Crippen LogP contribution in [0.5, 0.6) is 11.5 Å². The second-order valence-electron chi connectivity index (χ2n) is 7.63. The zero-order chi connectivity index (χ0) is 22.8. The Hall–Kier alpha value is -3.68. The second kappa shape index (κ2) is 8.82. The number of hydrogen-bond donors (Lipinski definition) is 0. The average molecular weight is 437 g/mol. The van der Waals surface area contributed by atoms with Gasteiger partial charge in [-0.1, -0.05) is 18.2 Å². The maximum absolute atomic E-state index is 14.3. The van der Waals surface area contributed by atoms with Crippen molar-refractivity contribution in [1.29, 1.82) is 0 Å². The van der Waals surface area contributed by atoms with Crippen LogP contribution in [0.15, 0.2) is 53.3 Å². The quantitative estimate of drug-likeness (QED) is 0.609. The summed E-state index contributed by atoms with van der Waals surface area (Å²) >= 11 is 0. The van der Waals surface area contributed by atoms with E-state index in [0.29, 0.717) is 23.7 Å². The number of likely N-dealkylation sites (tertiary alicyclic amines) is 1. The Morgan fingerprint density at radius 1 is 1.09 bits per heavy atom. The molecule has 0 spiro atoms. The summed E-state index contributed by atoms with van der Waals surface area (Å²) in [6, 6.07) is 12.7. The molecule has 1 amide bonds. The van der Waals surface area contributed by atoms with Crippen LogP contribution in [-0.2, 0) is 0 Å². The van der Waals surface area contributed by atoms with Crippen LogP contribution in [-0.4, -0.2) is 41.4 Å². The van der Waals surface area contributed by atoms with Crippen molar-refractivity contribution in [2.75, 3.05) is 20.8 Å². The fourth-order valence-electron chi connectivity index (χ4n) is 4.12. The minimum absolute atomic E-state index is 0.178. The lowest BCUT2D eigenvalue weighted by Crippen LogP contribution is -2.36. The van der Waals surface area contributed by atoms with Gasteiger partial charge in [0.15, 0.2) is 17.2 Å². The van der Waals surface area contributed by atoms with Crippen LogP contribution in [0, 0.1) is 12.7 Å². The topological polar surface area (TPSA) is 73.7 Å². The Morgan fingerprint density at radius 3 is 2.56 bits per heavy atom. The first-order chi connectivity index (χ1) is 15.4. The lowest BCUT2D eigenvalue weighted by atomic mass is 10.0. The number of nitrogens with zero attached hydrogens (tertiary/aromatic N) is 3. The number of ether oxygens (including phenoxy) is 2. The van der Waals surface area contributed by atoms with Gasteiger partial charge in [-0.05, 0) is 49.6 Å². The van der Waals surface area contributed by atoms with Crippen LogP contribution in [0.3, 0.4) is 0 Å². The van der Waals surface area contributed by atoms with Gasteiger partial charge in [0.1, 0.15) is 11.5 Å². The molecule has 4 rings (SSSR count). The highest BCUT2D eigenvalue weighted by molar-refractivity contribution is 5.92. The first-order valence-corrected chi connectivity index (χ1v) is 10.3. The molecule has 0 bridgehead atoms. The van der Waals surface area contributed by atoms with Crippen LogP contribution in [0.2, 0.25) is 0 Å². The molecule has 0 aliphatic carbocycles. The molecule has 1 unspecified atom stereocenters. The highest BCUT2D eigenvalue weighted by atomic mass is 19.1. The molecule has 2 heterocycles. The molecule has 1 aliphatic heterocycles. The molecule has 3 aromatic rings. The van der Waals surface area contributed by atoms with Gasteiger partial charge >= 0.3 is 0 Å². The molecular weight excluding hydrogens is 413 g/mol. The smallest absolute Gasteiger partial charge is 0.278 e. The normalized spacial score (nSPS) is 15.6. The van der Waals surface area contributed by atoms with Gasteiger partial charge in [0.05, 0.1) is 20.3 Å². The highest BCUT2D eigenvalue weighted by Gasteiger charge is 2.33. The van der Waals surface area contributed by atoms with Gasteiger partial charge in [0.2, 0.25) is 5.43 Å². The highest BCUT2D eigenvalue weighted by Crippen LogP contribution is 2.37. The van der Waals surface area contributed by atoms with E-state index in [1.54, 1.807) is 50.3 Å². The van der Waals surface area contributed by atoms with Crippen LogP contribution >= 0.6 is 0 Å². The number of benzene rings is 2. The lowest BCUT2D eigenvalue weighted by Gasteiger charge is -2.25. The molecule has 1 fully saturated rings. The third-order valence-electron chi connectivity index (χ3n) is 5.70. The van der Waals surface area contributed by atoms with Gasteiger partial charge in [0, 0.05) is 18.3 Å². The Balaban J connectivity index is 1.72. The zero-order valence-electron chi connectivity index (χ0n) is 18.2. The van der Waals surface area contributed by atoms with E-state index >= 15 is 0 Å². The van der Waals surface area contributed by atoms with Crippen molar-refractivity contribution >= 4 is 5.91 Å². The predicted octanol–water partition coefficient (Wildman–Crippen LogP) is 3.67. The number of para-hydroxylation sites is 1. The van der Waals surface area contributed by atoms with Crippen LogP contribution in [0.1, 0.15) is 40.6 Å². The van der Waals surface area contributed by atoms with Crippen LogP contribution in [0.4, 0.5) is 4.39 Å². The van der Waals surface area contributed by atoms with Crippen LogP contribution < -0.4 is 14.9 Å². The maximum atomic E-state index is 14.3. The Bertz CT molecular complexity index is 1220. The molecular formula is C24H24FN3O4. The minimum Gasteiger partial charge on any atom is -0.493 e. The van der Waals surface area contributed by atoms with Gasteiger partial charge < -0.3 is 14.4 Å². The van der Waals surface area contributed by atoms with Crippen molar-refractivity contribution in [1.82, 2.24) is 14.7 Å². The van der Waals surface area contributed by atoms with E-state index in [0.717, 1.165) is 18.4 Å². The molecule has 1 saturated heterocycles. The SMILES string of the molecule is COc1ccc(C2CCCN2C(=O)c2nn(-c3ccccc3F)c(C)cc2=O)cc1OC. The predicted molar refractivity (Wildman–Crippen MR) is 117 cm³/mol. The molecule has 0 radical (unpaired) electrons. The number of aryl methyl sites for hydroxylation is 1. The van der Waals surface area contributed by atoms with E-state index in [1.807, 2.05) is 12.1 Å². The number of carbonyl (C=O) groups is 1. The van der Waals surface area contributed by atoms with Crippen molar-refractivity contribution in [2.24, 2.45) is 0 Å². The molecule has 1 aliphatic rings. The summed E-state index contributed by atoms with van der Waals surface area (Å²) in [4.78, 5) is 27.7. The average Bonchev–Trinajstić information content (AvgIpc) is 3.29.